The van der Waals surface area contributed by atoms with E-state index in [1.807, 2.05) is 0 Å². The molecule has 106 valence electrons. The number of primary amides is 1. The Labute approximate surface area is 121 Å². The molecule has 4 aliphatic rings. The van der Waals surface area contributed by atoms with Crippen molar-refractivity contribution in [3.05, 3.63) is 0 Å². The summed E-state index contributed by atoms with van der Waals surface area (Å²) in [5.41, 5.74) is 4.80. The lowest BCUT2D eigenvalue weighted by Gasteiger charge is -2.58. The van der Waals surface area contributed by atoms with Crippen molar-refractivity contribution in [1.29, 1.82) is 0 Å². The number of hydrogen-bond acceptors (Lipinski definition) is 3. The maximum absolute atomic E-state index is 12.5. The van der Waals surface area contributed by atoms with Gasteiger partial charge in [0, 0.05) is 4.32 Å². The summed E-state index contributed by atoms with van der Waals surface area (Å²) in [6.07, 6.45) is 5.44. The predicted molar refractivity (Wildman–Crippen MR) is 73.5 cm³/mol. The zero-order valence-corrected chi connectivity index (χ0v) is 12.7. The average molecular weight is 330 g/mol. The van der Waals surface area contributed by atoms with Gasteiger partial charge in [-0.1, -0.05) is 15.9 Å². The summed E-state index contributed by atoms with van der Waals surface area (Å²) in [4.78, 5) is 23.6. The summed E-state index contributed by atoms with van der Waals surface area (Å²) in [7, 11) is 0. The Bertz CT molecular complexity index is 422. The third kappa shape index (κ3) is 2.20. The number of carbonyl (C=O) groups excluding carboxylic acids is 2. The lowest BCUT2D eigenvalue weighted by atomic mass is 9.49. The molecule has 3 atom stereocenters. The molecule has 5 heteroatoms. The molecule has 0 saturated heterocycles. The molecule has 0 aromatic heterocycles. The van der Waals surface area contributed by atoms with Crippen molar-refractivity contribution >= 4 is 27.8 Å². The highest BCUT2D eigenvalue weighted by Crippen LogP contribution is 2.64. The molecule has 0 aromatic carbocycles. The van der Waals surface area contributed by atoms with Gasteiger partial charge in [-0.05, 0) is 57.3 Å². The monoisotopic (exact) mass is 329 g/mol. The van der Waals surface area contributed by atoms with E-state index in [1.54, 1.807) is 6.92 Å². The number of amides is 1. The van der Waals surface area contributed by atoms with Gasteiger partial charge in [0.25, 0.3) is 5.91 Å². The standard InChI is InChI=1S/C14H20BrNO3/c1-8(11(16)17)19-12(18)13-3-9-2-10(4-13)6-14(15,5-9)7-13/h8-10H,2-7H2,1H3,(H2,16,17)/t8-,9+,10+,13?,14?/m1/s1. The molecule has 4 aliphatic carbocycles. The van der Waals surface area contributed by atoms with E-state index >= 15 is 0 Å². The van der Waals surface area contributed by atoms with E-state index in [0.717, 1.165) is 19.3 Å². The molecule has 4 rings (SSSR count). The first kappa shape index (κ1) is 13.4. The molecule has 4 saturated carbocycles. The van der Waals surface area contributed by atoms with Gasteiger partial charge in [0.15, 0.2) is 6.10 Å². The summed E-state index contributed by atoms with van der Waals surface area (Å²) in [5, 5.41) is 0. The van der Waals surface area contributed by atoms with Crippen LogP contribution in [0.4, 0.5) is 0 Å². The fourth-order valence-electron chi connectivity index (χ4n) is 4.73. The summed E-state index contributed by atoms with van der Waals surface area (Å²) >= 11 is 3.86. The first-order valence-electron chi connectivity index (χ1n) is 7.01. The molecule has 2 N–H and O–H groups in total. The summed E-state index contributed by atoms with van der Waals surface area (Å²) in [6, 6.07) is 0. The molecule has 0 unspecified atom stereocenters. The highest BCUT2D eigenvalue weighted by Gasteiger charge is 2.60. The smallest absolute Gasteiger partial charge is 0.312 e. The predicted octanol–water partition coefficient (Wildman–Crippen LogP) is 2.14. The van der Waals surface area contributed by atoms with Crippen molar-refractivity contribution in [2.75, 3.05) is 0 Å². The van der Waals surface area contributed by atoms with Gasteiger partial charge < -0.3 is 10.5 Å². The van der Waals surface area contributed by atoms with Gasteiger partial charge in [0.2, 0.25) is 0 Å². The molecule has 4 nitrogen and oxygen atoms in total. The molecule has 19 heavy (non-hydrogen) atoms. The quantitative estimate of drug-likeness (QED) is 0.637. The third-order valence-electron chi connectivity index (χ3n) is 5.11. The highest BCUT2D eigenvalue weighted by atomic mass is 79.9. The Morgan fingerprint density at radius 1 is 1.26 bits per heavy atom. The van der Waals surface area contributed by atoms with Crippen LogP contribution in [0.2, 0.25) is 0 Å². The molecule has 0 aliphatic heterocycles. The van der Waals surface area contributed by atoms with Crippen molar-refractivity contribution in [3.8, 4) is 0 Å². The molecule has 0 spiro atoms. The van der Waals surface area contributed by atoms with E-state index in [2.05, 4.69) is 15.9 Å². The number of ether oxygens (including phenoxy) is 1. The first-order chi connectivity index (χ1) is 8.82. The normalized spacial score (nSPS) is 44.9. The van der Waals surface area contributed by atoms with Crippen LogP contribution in [0.3, 0.4) is 0 Å². The molecule has 0 aromatic rings. The third-order valence-corrected chi connectivity index (χ3v) is 6.04. The highest BCUT2D eigenvalue weighted by molar-refractivity contribution is 9.10. The fraction of sp³-hybridized carbons (Fsp3) is 0.857. The number of esters is 1. The van der Waals surface area contributed by atoms with Crippen LogP contribution in [0.15, 0.2) is 0 Å². The fourth-order valence-corrected chi connectivity index (χ4v) is 6.19. The number of rotatable bonds is 3. The van der Waals surface area contributed by atoms with Crippen molar-refractivity contribution in [2.45, 2.75) is 55.9 Å². The largest absolute Gasteiger partial charge is 0.452 e. The van der Waals surface area contributed by atoms with E-state index < -0.39 is 12.0 Å². The summed E-state index contributed by atoms with van der Waals surface area (Å²) in [6.45, 7) is 1.55. The van der Waals surface area contributed by atoms with E-state index in [4.69, 9.17) is 10.5 Å². The van der Waals surface area contributed by atoms with Gasteiger partial charge >= 0.3 is 5.97 Å². The number of halogens is 1. The van der Waals surface area contributed by atoms with Gasteiger partial charge in [-0.25, -0.2) is 0 Å². The lowest BCUT2D eigenvalue weighted by molar-refractivity contribution is -0.176. The van der Waals surface area contributed by atoms with Gasteiger partial charge in [-0.2, -0.15) is 0 Å². The van der Waals surface area contributed by atoms with Gasteiger partial charge in [-0.3, -0.25) is 9.59 Å². The van der Waals surface area contributed by atoms with E-state index in [-0.39, 0.29) is 15.7 Å². The number of carbonyl (C=O) groups is 2. The Hall–Kier alpha value is -0.580. The van der Waals surface area contributed by atoms with Crippen LogP contribution in [0, 0.1) is 17.3 Å². The van der Waals surface area contributed by atoms with Crippen molar-refractivity contribution in [3.63, 3.8) is 0 Å². The van der Waals surface area contributed by atoms with Gasteiger partial charge in [0.1, 0.15) is 0 Å². The lowest BCUT2D eigenvalue weighted by Crippen LogP contribution is -2.56. The minimum Gasteiger partial charge on any atom is -0.452 e. The molecule has 4 fully saturated rings. The zero-order valence-electron chi connectivity index (χ0n) is 11.2. The Morgan fingerprint density at radius 3 is 2.32 bits per heavy atom. The van der Waals surface area contributed by atoms with E-state index in [0.29, 0.717) is 11.8 Å². The van der Waals surface area contributed by atoms with Crippen molar-refractivity contribution in [2.24, 2.45) is 23.0 Å². The number of hydrogen-bond donors (Lipinski definition) is 1. The maximum Gasteiger partial charge on any atom is 0.312 e. The Kier molecular flexibility index (Phi) is 2.97. The minimum atomic E-state index is -0.827. The summed E-state index contributed by atoms with van der Waals surface area (Å²) in [5.74, 6) is 0.456. The van der Waals surface area contributed by atoms with Gasteiger partial charge in [0.05, 0.1) is 5.41 Å². The van der Waals surface area contributed by atoms with Crippen molar-refractivity contribution < 1.29 is 14.3 Å². The topological polar surface area (TPSA) is 69.4 Å². The minimum absolute atomic E-state index is 0.117. The zero-order chi connectivity index (χ0) is 13.8. The number of nitrogens with two attached hydrogens (primary N) is 1. The van der Waals surface area contributed by atoms with Crippen molar-refractivity contribution in [1.82, 2.24) is 0 Å². The molecule has 1 amide bonds. The Balaban J connectivity index is 1.80. The van der Waals surface area contributed by atoms with E-state index in [1.165, 1.54) is 19.3 Å². The molecule has 4 bridgehead atoms. The SMILES string of the molecule is C[C@@H](OC(=O)C12C[C@@H]3C[C@H](CC(Br)(C3)C1)C2)C(N)=O. The van der Waals surface area contributed by atoms with E-state index in [9.17, 15) is 9.59 Å². The van der Waals surface area contributed by atoms with Crippen LogP contribution in [0.25, 0.3) is 0 Å². The molecular formula is C14H20BrNO3. The van der Waals surface area contributed by atoms with Crippen LogP contribution < -0.4 is 5.73 Å². The Morgan fingerprint density at radius 2 is 1.84 bits per heavy atom. The molecule has 0 heterocycles. The van der Waals surface area contributed by atoms with Crippen LogP contribution >= 0.6 is 15.9 Å². The summed E-state index contributed by atoms with van der Waals surface area (Å²) < 4.78 is 5.42. The second-order valence-corrected chi connectivity index (χ2v) is 8.52. The molecule has 0 radical (unpaired) electrons. The number of alkyl halides is 1. The second-order valence-electron chi connectivity index (χ2n) is 6.84. The van der Waals surface area contributed by atoms with Crippen LogP contribution in [0.5, 0.6) is 0 Å². The van der Waals surface area contributed by atoms with Gasteiger partial charge in [-0.15, -0.1) is 0 Å². The van der Waals surface area contributed by atoms with Crippen LogP contribution in [0.1, 0.15) is 45.4 Å². The first-order valence-corrected chi connectivity index (χ1v) is 7.81. The van der Waals surface area contributed by atoms with Crippen LogP contribution in [-0.4, -0.2) is 22.3 Å². The average Bonchev–Trinajstić information content (AvgIpc) is 2.24. The van der Waals surface area contributed by atoms with Crippen LogP contribution in [-0.2, 0) is 14.3 Å². The molecular weight excluding hydrogens is 310 g/mol. The second kappa shape index (κ2) is 4.21. The maximum atomic E-state index is 12.5.